The summed E-state index contributed by atoms with van der Waals surface area (Å²) in [6.45, 7) is 1.79. The van der Waals surface area contributed by atoms with Gasteiger partial charge in [0.15, 0.2) is 5.82 Å². The molecule has 0 fully saturated rings. The molecule has 10 heteroatoms. The Morgan fingerprint density at radius 1 is 1.22 bits per heavy atom. The second-order valence-electron chi connectivity index (χ2n) is 5.67. The van der Waals surface area contributed by atoms with Crippen LogP contribution in [0.4, 0.5) is 10.1 Å². The summed E-state index contributed by atoms with van der Waals surface area (Å²) in [4.78, 5) is 11.3. The largest absolute Gasteiger partial charge is 0.486 e. The molecule has 2 aromatic heterocycles. The van der Waals surface area contributed by atoms with Gasteiger partial charge in [-0.15, -0.1) is 10.2 Å². The minimum atomic E-state index is -0.416. The smallest absolute Gasteiger partial charge is 0.273 e. The number of benzene rings is 2. The van der Waals surface area contributed by atoms with E-state index in [1.807, 2.05) is 0 Å². The number of aromatic nitrogens is 4. The minimum Gasteiger partial charge on any atom is -0.486 e. The number of halogens is 1. The summed E-state index contributed by atoms with van der Waals surface area (Å²) in [6, 6.07) is 10.5. The molecule has 4 aromatic rings. The Morgan fingerprint density at radius 3 is 2.74 bits per heavy atom. The first-order valence-corrected chi connectivity index (χ1v) is 8.68. The zero-order chi connectivity index (χ0) is 19.0. The summed E-state index contributed by atoms with van der Waals surface area (Å²) in [5.74, 6) is 0.627. The molecule has 8 nitrogen and oxygen atoms in total. The molecule has 0 aliphatic heterocycles. The van der Waals surface area contributed by atoms with E-state index >= 15 is 0 Å². The third-order valence-electron chi connectivity index (χ3n) is 3.97. The number of nitro benzene ring substituents is 1. The van der Waals surface area contributed by atoms with Crippen LogP contribution in [0.15, 0.2) is 42.5 Å². The zero-order valence-electron chi connectivity index (χ0n) is 14.0. The van der Waals surface area contributed by atoms with Crippen LogP contribution in [0.3, 0.4) is 0 Å². The molecule has 2 heterocycles. The molecule has 0 bridgehead atoms. The third kappa shape index (κ3) is 3.22. The average molecular weight is 385 g/mol. The van der Waals surface area contributed by atoms with Crippen LogP contribution < -0.4 is 4.74 Å². The normalized spacial score (nSPS) is 11.0. The van der Waals surface area contributed by atoms with Crippen LogP contribution in [0.25, 0.3) is 15.5 Å². The van der Waals surface area contributed by atoms with E-state index in [2.05, 4.69) is 15.3 Å². The van der Waals surface area contributed by atoms with Gasteiger partial charge in [0.25, 0.3) is 5.69 Å². The number of hydrogen-bond donors (Lipinski definition) is 0. The fourth-order valence-corrected chi connectivity index (χ4v) is 3.53. The molecule has 0 radical (unpaired) electrons. The number of rotatable bonds is 5. The molecule has 0 spiro atoms. The maximum absolute atomic E-state index is 13.0. The highest BCUT2D eigenvalue weighted by Crippen LogP contribution is 2.32. The first-order chi connectivity index (χ1) is 13.0. The number of fused-ring (bicyclic) bond motifs is 1. The Balaban J connectivity index is 1.63. The van der Waals surface area contributed by atoms with Gasteiger partial charge in [0, 0.05) is 17.2 Å². The van der Waals surface area contributed by atoms with Gasteiger partial charge in [-0.3, -0.25) is 10.1 Å². The Morgan fingerprint density at radius 2 is 2.00 bits per heavy atom. The number of ether oxygens (including phenoxy) is 1. The summed E-state index contributed by atoms with van der Waals surface area (Å²) in [6.07, 6.45) is 0. The Hall–Kier alpha value is -3.40. The van der Waals surface area contributed by atoms with E-state index in [-0.39, 0.29) is 18.1 Å². The highest BCUT2D eigenvalue weighted by atomic mass is 32.1. The van der Waals surface area contributed by atoms with Crippen molar-refractivity contribution in [2.75, 3.05) is 0 Å². The molecule has 2 aromatic carbocycles. The molecule has 0 aliphatic carbocycles. The first-order valence-electron chi connectivity index (χ1n) is 7.87. The summed E-state index contributed by atoms with van der Waals surface area (Å²) in [5, 5.41) is 24.3. The van der Waals surface area contributed by atoms with Crippen molar-refractivity contribution < 1.29 is 14.1 Å². The quantitative estimate of drug-likeness (QED) is 0.383. The molecule has 0 saturated heterocycles. The van der Waals surface area contributed by atoms with E-state index in [4.69, 9.17) is 4.74 Å². The number of hydrogen-bond acceptors (Lipinski definition) is 7. The fraction of sp³-hybridized carbons (Fsp3) is 0.118. The Kier molecular flexibility index (Phi) is 4.24. The summed E-state index contributed by atoms with van der Waals surface area (Å²) in [5.41, 5.74) is 1.25. The second kappa shape index (κ2) is 6.72. The second-order valence-corrected chi connectivity index (χ2v) is 6.62. The number of nitrogens with zero attached hydrogens (tertiary/aromatic N) is 5. The first kappa shape index (κ1) is 17.0. The molecule has 0 saturated carbocycles. The average Bonchev–Trinajstić information content (AvgIpc) is 3.22. The molecule has 0 aliphatic rings. The van der Waals surface area contributed by atoms with Crippen molar-refractivity contribution in [2.45, 2.75) is 13.5 Å². The van der Waals surface area contributed by atoms with Crippen LogP contribution in [-0.2, 0) is 6.61 Å². The third-order valence-corrected chi connectivity index (χ3v) is 4.90. The lowest BCUT2D eigenvalue weighted by molar-refractivity contribution is -0.385. The van der Waals surface area contributed by atoms with Crippen LogP contribution in [-0.4, -0.2) is 24.7 Å². The van der Waals surface area contributed by atoms with Gasteiger partial charge in [-0.2, -0.15) is 9.61 Å². The van der Waals surface area contributed by atoms with E-state index in [1.165, 1.54) is 41.7 Å². The molecule has 0 amide bonds. The molecule has 0 N–H and O–H groups in total. The number of nitro groups is 1. The van der Waals surface area contributed by atoms with Gasteiger partial charge in [0.2, 0.25) is 4.96 Å². The monoisotopic (exact) mass is 385 g/mol. The van der Waals surface area contributed by atoms with Crippen LogP contribution in [0.5, 0.6) is 5.75 Å². The molecule has 4 rings (SSSR count). The summed E-state index contributed by atoms with van der Waals surface area (Å²) in [7, 11) is 0. The minimum absolute atomic E-state index is 0.0401. The molecular formula is C17H12FN5O3S. The van der Waals surface area contributed by atoms with Gasteiger partial charge in [-0.25, -0.2) is 4.39 Å². The van der Waals surface area contributed by atoms with Crippen LogP contribution in [0, 0.1) is 22.9 Å². The van der Waals surface area contributed by atoms with Crippen molar-refractivity contribution >= 4 is 22.0 Å². The van der Waals surface area contributed by atoms with E-state index in [0.717, 1.165) is 0 Å². The SMILES string of the molecule is Cc1c(-c2nn3c(COc4ccc(F)cc4)nnc3s2)cccc1[N+](=O)[O-]. The highest BCUT2D eigenvalue weighted by molar-refractivity contribution is 7.19. The fourth-order valence-electron chi connectivity index (χ4n) is 2.59. The van der Waals surface area contributed by atoms with Gasteiger partial charge in [0.1, 0.15) is 23.2 Å². The summed E-state index contributed by atoms with van der Waals surface area (Å²) >= 11 is 1.28. The lowest BCUT2D eigenvalue weighted by Gasteiger charge is -2.04. The van der Waals surface area contributed by atoms with Crippen molar-refractivity contribution in [3.8, 4) is 16.3 Å². The standard InChI is InChI=1S/C17H12FN5O3S/c1-10-13(3-2-4-14(10)23(24)25)16-21-22-15(19-20-17(22)27-16)9-26-12-7-5-11(18)6-8-12/h2-8H,9H2,1H3. The highest BCUT2D eigenvalue weighted by Gasteiger charge is 2.19. The van der Waals surface area contributed by atoms with Crippen LogP contribution in [0.1, 0.15) is 11.4 Å². The molecule has 136 valence electrons. The van der Waals surface area contributed by atoms with Crippen molar-refractivity contribution in [1.82, 2.24) is 19.8 Å². The molecule has 0 unspecified atom stereocenters. The maximum atomic E-state index is 13.0. The van der Waals surface area contributed by atoms with Crippen molar-refractivity contribution in [2.24, 2.45) is 0 Å². The molecule has 0 atom stereocenters. The van der Waals surface area contributed by atoms with E-state index in [0.29, 0.717) is 32.7 Å². The Bertz CT molecular complexity index is 1140. The maximum Gasteiger partial charge on any atom is 0.273 e. The molecule has 27 heavy (non-hydrogen) atoms. The topological polar surface area (TPSA) is 95.5 Å². The van der Waals surface area contributed by atoms with Gasteiger partial charge < -0.3 is 4.74 Å². The van der Waals surface area contributed by atoms with E-state index < -0.39 is 4.92 Å². The van der Waals surface area contributed by atoms with Crippen molar-refractivity contribution in [3.05, 3.63) is 69.8 Å². The van der Waals surface area contributed by atoms with Gasteiger partial charge >= 0.3 is 0 Å². The Labute approximate surface area is 156 Å². The van der Waals surface area contributed by atoms with E-state index in [9.17, 15) is 14.5 Å². The van der Waals surface area contributed by atoms with Crippen LogP contribution in [0.2, 0.25) is 0 Å². The lowest BCUT2D eigenvalue weighted by Crippen LogP contribution is -2.02. The van der Waals surface area contributed by atoms with Crippen LogP contribution >= 0.6 is 11.3 Å². The van der Waals surface area contributed by atoms with Crippen molar-refractivity contribution in [1.29, 1.82) is 0 Å². The summed E-state index contributed by atoms with van der Waals surface area (Å²) < 4.78 is 20.1. The predicted octanol–water partition coefficient (Wildman–Crippen LogP) is 3.79. The molecular weight excluding hydrogens is 373 g/mol. The van der Waals surface area contributed by atoms with Gasteiger partial charge in [-0.1, -0.05) is 23.5 Å². The van der Waals surface area contributed by atoms with E-state index in [1.54, 1.807) is 23.6 Å². The van der Waals surface area contributed by atoms with Gasteiger partial charge in [0.05, 0.1) is 4.92 Å². The van der Waals surface area contributed by atoms with Crippen molar-refractivity contribution in [3.63, 3.8) is 0 Å². The predicted molar refractivity (Wildman–Crippen MR) is 96.2 cm³/mol. The zero-order valence-corrected chi connectivity index (χ0v) is 14.8. The van der Waals surface area contributed by atoms with Gasteiger partial charge in [-0.05, 0) is 31.2 Å². The lowest BCUT2D eigenvalue weighted by atomic mass is 10.1.